The van der Waals surface area contributed by atoms with Gasteiger partial charge >= 0.3 is 0 Å². The Labute approximate surface area is 139 Å². The molecule has 5 heteroatoms. The van der Waals surface area contributed by atoms with Crippen LogP contribution in [0.4, 0.5) is 4.39 Å². The molecule has 0 unspecified atom stereocenters. The van der Waals surface area contributed by atoms with Gasteiger partial charge < -0.3 is 10.1 Å². The Balaban J connectivity index is 1.87. The summed E-state index contributed by atoms with van der Waals surface area (Å²) in [4.78, 5) is 12.5. The molecular formula is C18H17ClFNO2. The predicted octanol–water partition coefficient (Wildman–Crippen LogP) is 4.19. The Hall–Kier alpha value is -2.07. The Kier molecular flexibility index (Phi) is 4.53. The maximum Gasteiger partial charge on any atom is 0.266 e. The average Bonchev–Trinajstić information content (AvgIpc) is 3.31. The lowest BCUT2D eigenvalue weighted by molar-refractivity contribution is -0.128. The van der Waals surface area contributed by atoms with Crippen LogP contribution in [0.1, 0.15) is 30.1 Å². The lowest BCUT2D eigenvalue weighted by Gasteiger charge is -2.20. The van der Waals surface area contributed by atoms with Crippen molar-refractivity contribution in [1.29, 1.82) is 0 Å². The maximum atomic E-state index is 13.2. The van der Waals surface area contributed by atoms with Gasteiger partial charge in [-0.25, -0.2) is 4.39 Å². The molecule has 3 nitrogen and oxygen atoms in total. The number of carbonyl (C=O) groups is 1. The molecule has 0 aromatic heterocycles. The summed E-state index contributed by atoms with van der Waals surface area (Å²) in [5.41, 5.74) is 1.45. The topological polar surface area (TPSA) is 38.3 Å². The molecule has 1 atom stereocenters. The molecule has 1 aliphatic carbocycles. The smallest absolute Gasteiger partial charge is 0.266 e. The van der Waals surface area contributed by atoms with Crippen LogP contribution >= 0.6 is 11.6 Å². The van der Waals surface area contributed by atoms with Gasteiger partial charge in [0.25, 0.3) is 5.91 Å². The van der Waals surface area contributed by atoms with Crippen molar-refractivity contribution in [2.45, 2.75) is 31.9 Å². The summed E-state index contributed by atoms with van der Waals surface area (Å²) in [6, 6.07) is 11.2. The van der Waals surface area contributed by atoms with Gasteiger partial charge in [-0.3, -0.25) is 4.79 Å². The number of nitrogens with one attached hydrogen (secondary N) is 1. The van der Waals surface area contributed by atoms with E-state index in [4.69, 9.17) is 16.3 Å². The summed E-state index contributed by atoms with van der Waals surface area (Å²) in [5.74, 6) is 0.0147. The molecule has 0 spiro atoms. The normalized spacial score (nSPS) is 15.1. The van der Waals surface area contributed by atoms with E-state index in [1.807, 2.05) is 6.92 Å². The number of aryl methyl sites for hydroxylation is 1. The molecule has 120 valence electrons. The van der Waals surface area contributed by atoms with E-state index in [1.54, 1.807) is 30.3 Å². The van der Waals surface area contributed by atoms with Gasteiger partial charge in [0.15, 0.2) is 0 Å². The molecule has 0 saturated heterocycles. The zero-order valence-electron chi connectivity index (χ0n) is 12.7. The fourth-order valence-electron chi connectivity index (χ4n) is 2.29. The molecule has 2 aromatic rings. The van der Waals surface area contributed by atoms with Gasteiger partial charge in [0, 0.05) is 16.6 Å². The van der Waals surface area contributed by atoms with Crippen molar-refractivity contribution in [2.24, 2.45) is 0 Å². The van der Waals surface area contributed by atoms with Gasteiger partial charge in [-0.1, -0.05) is 23.7 Å². The highest BCUT2D eigenvalue weighted by atomic mass is 35.5. The van der Waals surface area contributed by atoms with Crippen LogP contribution in [0.3, 0.4) is 0 Å². The van der Waals surface area contributed by atoms with Crippen LogP contribution in [0.25, 0.3) is 0 Å². The summed E-state index contributed by atoms with van der Waals surface area (Å²) >= 11 is 5.95. The largest absolute Gasteiger partial charge is 0.476 e. The van der Waals surface area contributed by atoms with Gasteiger partial charge in [0.2, 0.25) is 6.10 Å². The minimum Gasteiger partial charge on any atom is -0.476 e. The van der Waals surface area contributed by atoms with Crippen molar-refractivity contribution < 1.29 is 13.9 Å². The Morgan fingerprint density at radius 1 is 1.26 bits per heavy atom. The van der Waals surface area contributed by atoms with Crippen molar-refractivity contribution in [3.63, 3.8) is 0 Å². The third kappa shape index (κ3) is 4.02. The van der Waals surface area contributed by atoms with Gasteiger partial charge in [0.1, 0.15) is 11.6 Å². The number of halogens is 2. The molecule has 0 bridgehead atoms. The number of rotatable bonds is 5. The standard InChI is InChI=1S/C18H17ClFNO2/c1-11-10-13(19)4-9-16(11)23-17(18(22)21-15-7-8-15)12-2-5-14(20)6-3-12/h2-6,9-10,15,17H,7-8H2,1H3,(H,21,22)/t17-/m1/s1. The third-order valence-corrected chi connectivity index (χ3v) is 3.95. The van der Waals surface area contributed by atoms with Crippen LogP contribution in [0, 0.1) is 12.7 Å². The van der Waals surface area contributed by atoms with E-state index in [-0.39, 0.29) is 17.8 Å². The van der Waals surface area contributed by atoms with Gasteiger partial charge in [-0.2, -0.15) is 0 Å². The SMILES string of the molecule is Cc1cc(Cl)ccc1O[C@@H](C(=O)NC1CC1)c1ccc(F)cc1. The lowest BCUT2D eigenvalue weighted by Crippen LogP contribution is -2.34. The van der Waals surface area contributed by atoms with E-state index in [2.05, 4.69) is 5.32 Å². The van der Waals surface area contributed by atoms with E-state index in [0.29, 0.717) is 16.3 Å². The van der Waals surface area contributed by atoms with Crippen molar-refractivity contribution in [2.75, 3.05) is 0 Å². The Morgan fingerprint density at radius 3 is 2.57 bits per heavy atom. The van der Waals surface area contributed by atoms with E-state index < -0.39 is 6.10 Å². The average molecular weight is 334 g/mol. The van der Waals surface area contributed by atoms with Crippen LogP contribution in [0.5, 0.6) is 5.75 Å². The van der Waals surface area contributed by atoms with Crippen molar-refractivity contribution >= 4 is 17.5 Å². The molecule has 1 fully saturated rings. The van der Waals surface area contributed by atoms with E-state index in [9.17, 15) is 9.18 Å². The molecule has 0 aliphatic heterocycles. The number of hydrogen-bond acceptors (Lipinski definition) is 2. The summed E-state index contributed by atoms with van der Waals surface area (Å²) in [5, 5.41) is 3.54. The molecule has 1 aliphatic rings. The summed E-state index contributed by atoms with van der Waals surface area (Å²) in [7, 11) is 0. The lowest BCUT2D eigenvalue weighted by atomic mass is 10.1. The van der Waals surface area contributed by atoms with Crippen LogP contribution in [-0.4, -0.2) is 11.9 Å². The molecule has 1 amide bonds. The van der Waals surface area contributed by atoms with Gasteiger partial charge in [0.05, 0.1) is 0 Å². The second-order valence-corrected chi connectivity index (χ2v) is 6.18. The van der Waals surface area contributed by atoms with Gasteiger partial charge in [-0.05, 0) is 55.7 Å². The van der Waals surface area contributed by atoms with Crippen LogP contribution in [-0.2, 0) is 4.79 Å². The number of ether oxygens (including phenoxy) is 1. The minimum atomic E-state index is -0.823. The highest BCUT2D eigenvalue weighted by molar-refractivity contribution is 6.30. The summed E-state index contributed by atoms with van der Waals surface area (Å²) < 4.78 is 19.1. The fraction of sp³-hybridized carbons (Fsp3) is 0.278. The molecule has 23 heavy (non-hydrogen) atoms. The zero-order chi connectivity index (χ0) is 16.4. The Morgan fingerprint density at radius 2 is 1.96 bits per heavy atom. The highest BCUT2D eigenvalue weighted by Crippen LogP contribution is 2.29. The predicted molar refractivity (Wildman–Crippen MR) is 87.1 cm³/mol. The van der Waals surface area contributed by atoms with Crippen molar-refractivity contribution in [3.8, 4) is 5.75 Å². The molecule has 3 rings (SSSR count). The quantitative estimate of drug-likeness (QED) is 0.891. The number of amides is 1. The molecule has 2 aromatic carbocycles. The van der Waals surface area contributed by atoms with Crippen LogP contribution in [0.15, 0.2) is 42.5 Å². The molecule has 0 heterocycles. The summed E-state index contributed by atoms with van der Waals surface area (Å²) in [6.07, 6.45) is 1.15. The zero-order valence-corrected chi connectivity index (χ0v) is 13.4. The monoisotopic (exact) mass is 333 g/mol. The molecular weight excluding hydrogens is 317 g/mol. The first kappa shape index (κ1) is 15.8. The summed E-state index contributed by atoms with van der Waals surface area (Å²) in [6.45, 7) is 1.86. The fourth-order valence-corrected chi connectivity index (χ4v) is 2.51. The van der Waals surface area contributed by atoms with E-state index >= 15 is 0 Å². The molecule has 0 radical (unpaired) electrons. The molecule has 1 N–H and O–H groups in total. The van der Waals surface area contributed by atoms with Crippen LogP contribution in [0.2, 0.25) is 5.02 Å². The second-order valence-electron chi connectivity index (χ2n) is 5.74. The van der Waals surface area contributed by atoms with Crippen molar-refractivity contribution in [1.82, 2.24) is 5.32 Å². The number of hydrogen-bond donors (Lipinski definition) is 1. The Bertz CT molecular complexity index is 713. The van der Waals surface area contributed by atoms with E-state index in [1.165, 1.54) is 12.1 Å². The first-order valence-corrected chi connectivity index (χ1v) is 7.89. The highest BCUT2D eigenvalue weighted by Gasteiger charge is 2.30. The number of benzene rings is 2. The van der Waals surface area contributed by atoms with E-state index in [0.717, 1.165) is 18.4 Å². The third-order valence-electron chi connectivity index (χ3n) is 3.72. The number of carbonyl (C=O) groups excluding carboxylic acids is 1. The minimum absolute atomic E-state index is 0.214. The van der Waals surface area contributed by atoms with Crippen molar-refractivity contribution in [3.05, 3.63) is 64.4 Å². The van der Waals surface area contributed by atoms with Crippen LogP contribution < -0.4 is 10.1 Å². The second kappa shape index (κ2) is 6.59. The van der Waals surface area contributed by atoms with Gasteiger partial charge in [-0.15, -0.1) is 0 Å². The molecule has 1 saturated carbocycles. The first-order chi connectivity index (χ1) is 11.0. The maximum absolute atomic E-state index is 13.2. The first-order valence-electron chi connectivity index (χ1n) is 7.51.